The van der Waals surface area contributed by atoms with E-state index in [1.54, 1.807) is 6.20 Å². The summed E-state index contributed by atoms with van der Waals surface area (Å²) in [4.78, 5) is 4.22. The summed E-state index contributed by atoms with van der Waals surface area (Å²) in [7, 11) is 1.92. The molecule has 0 bridgehead atoms. The van der Waals surface area contributed by atoms with Gasteiger partial charge in [0, 0.05) is 23.3 Å². The monoisotopic (exact) mass is 276 g/mol. The summed E-state index contributed by atoms with van der Waals surface area (Å²) in [6.45, 7) is 3.37. The lowest BCUT2D eigenvalue weighted by Crippen LogP contribution is -2.06. The van der Waals surface area contributed by atoms with Gasteiger partial charge in [-0.05, 0) is 43.3 Å². The summed E-state index contributed by atoms with van der Waals surface area (Å²) < 4.78 is 5.49. The van der Waals surface area contributed by atoms with E-state index in [1.807, 2.05) is 44.4 Å². The van der Waals surface area contributed by atoms with Crippen LogP contribution in [-0.4, -0.2) is 18.6 Å². The molecule has 0 saturated heterocycles. The van der Waals surface area contributed by atoms with Crippen molar-refractivity contribution >= 4 is 11.6 Å². The molecule has 19 heavy (non-hydrogen) atoms. The summed E-state index contributed by atoms with van der Waals surface area (Å²) in [6, 6.07) is 7.88. The molecule has 2 aromatic rings. The Hall–Kier alpha value is -1.58. The molecular weight excluding hydrogens is 260 g/mol. The highest BCUT2D eigenvalue weighted by Crippen LogP contribution is 2.28. The number of pyridine rings is 1. The zero-order valence-corrected chi connectivity index (χ0v) is 11.9. The number of hydrogen-bond donors (Lipinski definition) is 1. The maximum absolute atomic E-state index is 6.10. The van der Waals surface area contributed by atoms with Crippen LogP contribution in [0.5, 0.6) is 5.75 Å². The summed E-state index contributed by atoms with van der Waals surface area (Å²) >= 11 is 6.10. The SMILES string of the molecule is CCOc1cncc(-c2cc(Cl)ccc2CNC)c1. The fourth-order valence-electron chi connectivity index (χ4n) is 1.97. The molecule has 0 amide bonds. The molecule has 0 atom stereocenters. The Morgan fingerprint density at radius 1 is 1.26 bits per heavy atom. The largest absolute Gasteiger partial charge is 0.492 e. The molecule has 0 fully saturated rings. The van der Waals surface area contributed by atoms with E-state index >= 15 is 0 Å². The van der Waals surface area contributed by atoms with Gasteiger partial charge >= 0.3 is 0 Å². The maximum atomic E-state index is 6.10. The van der Waals surface area contributed by atoms with E-state index in [0.717, 1.165) is 28.4 Å². The first-order valence-electron chi connectivity index (χ1n) is 6.26. The molecule has 0 saturated carbocycles. The lowest BCUT2D eigenvalue weighted by atomic mass is 10.0. The molecule has 1 heterocycles. The van der Waals surface area contributed by atoms with E-state index in [4.69, 9.17) is 16.3 Å². The van der Waals surface area contributed by atoms with Crippen molar-refractivity contribution in [1.82, 2.24) is 10.3 Å². The summed E-state index contributed by atoms with van der Waals surface area (Å²) in [5, 5.41) is 3.88. The van der Waals surface area contributed by atoms with Crippen molar-refractivity contribution in [2.45, 2.75) is 13.5 Å². The van der Waals surface area contributed by atoms with Crippen LogP contribution in [0.2, 0.25) is 5.02 Å². The number of nitrogens with one attached hydrogen (secondary N) is 1. The first-order valence-corrected chi connectivity index (χ1v) is 6.63. The quantitative estimate of drug-likeness (QED) is 0.907. The minimum absolute atomic E-state index is 0.629. The number of benzene rings is 1. The molecule has 100 valence electrons. The second-order valence-electron chi connectivity index (χ2n) is 4.17. The van der Waals surface area contributed by atoms with Crippen LogP contribution in [0.4, 0.5) is 0 Å². The van der Waals surface area contributed by atoms with Gasteiger partial charge < -0.3 is 10.1 Å². The van der Waals surface area contributed by atoms with Crippen molar-refractivity contribution in [3.05, 3.63) is 47.2 Å². The van der Waals surface area contributed by atoms with Crippen LogP contribution in [0.1, 0.15) is 12.5 Å². The normalized spacial score (nSPS) is 10.5. The van der Waals surface area contributed by atoms with Crippen LogP contribution in [0, 0.1) is 0 Å². The van der Waals surface area contributed by atoms with Crippen LogP contribution in [0.25, 0.3) is 11.1 Å². The molecular formula is C15H17ClN2O. The maximum Gasteiger partial charge on any atom is 0.138 e. The van der Waals surface area contributed by atoms with Gasteiger partial charge in [0.25, 0.3) is 0 Å². The minimum atomic E-state index is 0.629. The molecule has 1 N–H and O–H groups in total. The van der Waals surface area contributed by atoms with Crippen molar-refractivity contribution in [3.8, 4) is 16.9 Å². The van der Waals surface area contributed by atoms with Crippen molar-refractivity contribution < 1.29 is 4.74 Å². The number of hydrogen-bond acceptors (Lipinski definition) is 3. The van der Waals surface area contributed by atoms with Crippen LogP contribution >= 0.6 is 11.6 Å². The Morgan fingerprint density at radius 2 is 2.11 bits per heavy atom. The van der Waals surface area contributed by atoms with Crippen molar-refractivity contribution in [2.75, 3.05) is 13.7 Å². The lowest BCUT2D eigenvalue weighted by molar-refractivity contribution is 0.339. The van der Waals surface area contributed by atoms with E-state index < -0.39 is 0 Å². The van der Waals surface area contributed by atoms with Crippen LogP contribution in [0.15, 0.2) is 36.7 Å². The van der Waals surface area contributed by atoms with Gasteiger partial charge in [-0.3, -0.25) is 4.98 Å². The molecule has 0 aliphatic rings. The Balaban J connectivity index is 2.44. The van der Waals surface area contributed by atoms with Gasteiger partial charge in [0.1, 0.15) is 5.75 Å². The standard InChI is InChI=1S/C15H17ClN2O/c1-3-19-14-6-12(9-18-10-14)15-7-13(16)5-4-11(15)8-17-2/h4-7,9-10,17H,3,8H2,1-2H3. The van der Waals surface area contributed by atoms with Gasteiger partial charge in [-0.25, -0.2) is 0 Å². The topological polar surface area (TPSA) is 34.1 Å². The number of aromatic nitrogens is 1. The van der Waals surface area contributed by atoms with E-state index in [-0.39, 0.29) is 0 Å². The first-order chi connectivity index (χ1) is 9.24. The van der Waals surface area contributed by atoms with Crippen LogP contribution in [-0.2, 0) is 6.54 Å². The molecule has 0 radical (unpaired) electrons. The highest BCUT2D eigenvalue weighted by Gasteiger charge is 2.07. The molecule has 0 unspecified atom stereocenters. The van der Waals surface area contributed by atoms with Crippen molar-refractivity contribution in [2.24, 2.45) is 0 Å². The first kappa shape index (κ1) is 13.8. The second-order valence-corrected chi connectivity index (χ2v) is 4.61. The third-order valence-electron chi connectivity index (χ3n) is 2.77. The van der Waals surface area contributed by atoms with Gasteiger partial charge in [-0.2, -0.15) is 0 Å². The Kier molecular flexibility index (Phi) is 4.77. The Morgan fingerprint density at radius 3 is 2.84 bits per heavy atom. The Labute approximate surface area is 118 Å². The molecule has 0 spiro atoms. The zero-order chi connectivity index (χ0) is 13.7. The molecule has 1 aromatic heterocycles. The number of ether oxygens (including phenoxy) is 1. The number of rotatable bonds is 5. The number of halogens is 1. The molecule has 2 rings (SSSR count). The van der Waals surface area contributed by atoms with Crippen molar-refractivity contribution in [3.63, 3.8) is 0 Å². The zero-order valence-electron chi connectivity index (χ0n) is 11.1. The van der Waals surface area contributed by atoms with E-state index in [1.165, 1.54) is 5.56 Å². The summed E-state index contributed by atoms with van der Waals surface area (Å²) in [6.07, 6.45) is 3.54. The lowest BCUT2D eigenvalue weighted by Gasteiger charge is -2.11. The third kappa shape index (κ3) is 3.46. The average Bonchev–Trinajstić information content (AvgIpc) is 2.42. The highest BCUT2D eigenvalue weighted by molar-refractivity contribution is 6.30. The van der Waals surface area contributed by atoms with E-state index in [2.05, 4.69) is 10.3 Å². The molecule has 3 nitrogen and oxygen atoms in total. The molecule has 0 aliphatic carbocycles. The summed E-state index contributed by atoms with van der Waals surface area (Å²) in [5.41, 5.74) is 3.27. The van der Waals surface area contributed by atoms with E-state index in [9.17, 15) is 0 Å². The van der Waals surface area contributed by atoms with Gasteiger partial charge in [0.15, 0.2) is 0 Å². The van der Waals surface area contributed by atoms with Gasteiger partial charge in [-0.1, -0.05) is 17.7 Å². The van der Waals surface area contributed by atoms with Gasteiger partial charge in [0.05, 0.1) is 12.8 Å². The smallest absolute Gasteiger partial charge is 0.138 e. The Bertz CT molecular complexity index is 558. The molecule has 1 aromatic carbocycles. The van der Waals surface area contributed by atoms with Gasteiger partial charge in [-0.15, -0.1) is 0 Å². The predicted molar refractivity (Wildman–Crippen MR) is 78.6 cm³/mol. The average molecular weight is 277 g/mol. The van der Waals surface area contributed by atoms with Crippen LogP contribution < -0.4 is 10.1 Å². The second kappa shape index (κ2) is 6.55. The fraction of sp³-hybridized carbons (Fsp3) is 0.267. The van der Waals surface area contributed by atoms with E-state index in [0.29, 0.717) is 6.61 Å². The predicted octanol–water partition coefficient (Wildman–Crippen LogP) is 3.52. The van der Waals surface area contributed by atoms with Crippen molar-refractivity contribution in [1.29, 1.82) is 0 Å². The van der Waals surface area contributed by atoms with Crippen LogP contribution in [0.3, 0.4) is 0 Å². The molecule has 0 aliphatic heterocycles. The summed E-state index contributed by atoms with van der Waals surface area (Å²) in [5.74, 6) is 0.774. The number of nitrogens with zero attached hydrogens (tertiary/aromatic N) is 1. The third-order valence-corrected chi connectivity index (χ3v) is 3.01. The molecule has 4 heteroatoms. The fourth-order valence-corrected chi connectivity index (χ4v) is 2.15. The highest BCUT2D eigenvalue weighted by atomic mass is 35.5. The minimum Gasteiger partial charge on any atom is -0.492 e. The van der Waals surface area contributed by atoms with Gasteiger partial charge in [0.2, 0.25) is 0 Å².